The van der Waals surface area contributed by atoms with E-state index in [9.17, 15) is 14.7 Å². The molecule has 14 heavy (non-hydrogen) atoms. The molecule has 4 heteroatoms. The summed E-state index contributed by atoms with van der Waals surface area (Å²) in [7, 11) is 0. The van der Waals surface area contributed by atoms with Crippen LogP contribution in [0.4, 0.5) is 0 Å². The minimum atomic E-state index is -1.41. The first kappa shape index (κ1) is 10.5. The van der Waals surface area contributed by atoms with E-state index in [1.54, 1.807) is 10.8 Å². The van der Waals surface area contributed by atoms with Crippen LogP contribution in [-0.2, 0) is 13.0 Å². The Morgan fingerprint density at radius 1 is 1.43 bits per heavy atom. The fraction of sp³-hybridized carbons (Fsp3) is 0.400. The Balaban J connectivity index is 3.42. The Labute approximate surface area is 81.8 Å². The number of hydrogen-bond acceptors (Lipinski definition) is 3. The van der Waals surface area contributed by atoms with Gasteiger partial charge in [-0.1, -0.05) is 6.92 Å². The second kappa shape index (κ2) is 4.09. The first-order valence-electron chi connectivity index (χ1n) is 4.54. The van der Waals surface area contributed by atoms with Gasteiger partial charge in [0.1, 0.15) is 0 Å². The third-order valence-corrected chi connectivity index (χ3v) is 2.12. The highest BCUT2D eigenvalue weighted by Gasteiger charge is 2.06. The molecule has 1 aromatic rings. The van der Waals surface area contributed by atoms with Gasteiger partial charge in [-0.05, 0) is 13.3 Å². The molecule has 0 aliphatic rings. The number of pyridine rings is 1. The number of hydrogen-bond donors (Lipinski definition) is 0. The smallest absolute Gasteiger partial charge is 0.193 e. The topological polar surface area (TPSA) is 62.1 Å². The minimum Gasteiger partial charge on any atom is -0.545 e. The molecule has 0 saturated carbocycles. The second-order valence-electron chi connectivity index (χ2n) is 3.00. The van der Waals surface area contributed by atoms with Crippen LogP contribution in [0.25, 0.3) is 0 Å². The predicted octanol–water partition coefficient (Wildman–Crippen LogP) is -0.206. The lowest BCUT2D eigenvalue weighted by Crippen LogP contribution is -2.31. The van der Waals surface area contributed by atoms with E-state index in [1.807, 2.05) is 13.8 Å². The zero-order valence-electron chi connectivity index (χ0n) is 8.24. The van der Waals surface area contributed by atoms with Crippen LogP contribution < -0.4 is 10.5 Å². The summed E-state index contributed by atoms with van der Waals surface area (Å²) in [6, 6.07) is 0. The summed E-state index contributed by atoms with van der Waals surface area (Å²) in [5, 5.41) is 10.6. The van der Waals surface area contributed by atoms with Crippen molar-refractivity contribution in [1.29, 1.82) is 0 Å². The van der Waals surface area contributed by atoms with Crippen LogP contribution in [0.5, 0.6) is 0 Å². The first-order chi connectivity index (χ1) is 6.60. The van der Waals surface area contributed by atoms with E-state index in [0.29, 0.717) is 18.5 Å². The molecule has 0 aliphatic heterocycles. The third-order valence-electron chi connectivity index (χ3n) is 2.12. The number of aromatic carboxylic acids is 1. The van der Waals surface area contributed by atoms with E-state index in [-0.39, 0.29) is 5.56 Å². The molecule has 0 unspecified atom stereocenters. The zero-order chi connectivity index (χ0) is 10.7. The average Bonchev–Trinajstić information content (AvgIpc) is 2.17. The standard InChI is InChI=1S/C10H13NO3/c1-3-7-5-11(4-2)6-8(9(7)12)10(13)14/h5-6H,3-4H2,1-2H3,(H,13,14)/p-1. The average molecular weight is 194 g/mol. The van der Waals surface area contributed by atoms with Gasteiger partial charge in [0.2, 0.25) is 0 Å². The van der Waals surface area contributed by atoms with Gasteiger partial charge in [-0.3, -0.25) is 4.79 Å². The molecule has 0 radical (unpaired) electrons. The quantitative estimate of drug-likeness (QED) is 0.669. The van der Waals surface area contributed by atoms with Crippen molar-refractivity contribution in [3.05, 3.63) is 33.7 Å². The molecule has 0 aliphatic carbocycles. The number of nitrogens with zero attached hydrogens (tertiary/aromatic N) is 1. The molecule has 0 fully saturated rings. The Hall–Kier alpha value is -1.58. The SMILES string of the molecule is CCc1cn(CC)cc(C(=O)[O-])c1=O. The lowest BCUT2D eigenvalue weighted by atomic mass is 10.1. The van der Waals surface area contributed by atoms with Crippen molar-refractivity contribution < 1.29 is 9.90 Å². The Morgan fingerprint density at radius 2 is 2.07 bits per heavy atom. The number of carboxylic acid groups (broad SMARTS) is 1. The van der Waals surface area contributed by atoms with Gasteiger partial charge in [-0.25, -0.2) is 0 Å². The van der Waals surface area contributed by atoms with Crippen LogP contribution in [0.2, 0.25) is 0 Å². The Bertz CT molecular complexity index is 406. The van der Waals surface area contributed by atoms with Gasteiger partial charge < -0.3 is 14.5 Å². The monoisotopic (exact) mass is 194 g/mol. The van der Waals surface area contributed by atoms with Gasteiger partial charge in [0.05, 0.1) is 11.5 Å². The van der Waals surface area contributed by atoms with Crippen molar-refractivity contribution in [1.82, 2.24) is 4.57 Å². The van der Waals surface area contributed by atoms with E-state index >= 15 is 0 Å². The van der Waals surface area contributed by atoms with Crippen LogP contribution in [0.1, 0.15) is 29.8 Å². The lowest BCUT2D eigenvalue weighted by molar-refractivity contribution is -0.255. The molecule has 1 aromatic heterocycles. The maximum absolute atomic E-state index is 11.5. The van der Waals surface area contributed by atoms with Crippen LogP contribution in [0.15, 0.2) is 17.2 Å². The number of carboxylic acids is 1. The van der Waals surface area contributed by atoms with Crippen molar-refractivity contribution >= 4 is 5.97 Å². The maximum Gasteiger partial charge on any atom is 0.193 e. The van der Waals surface area contributed by atoms with Crippen LogP contribution in [0.3, 0.4) is 0 Å². The molecule has 0 saturated heterocycles. The molecule has 0 spiro atoms. The van der Waals surface area contributed by atoms with Gasteiger partial charge >= 0.3 is 0 Å². The van der Waals surface area contributed by atoms with E-state index in [2.05, 4.69) is 0 Å². The summed E-state index contributed by atoms with van der Waals surface area (Å²) in [6.07, 6.45) is 3.52. The highest BCUT2D eigenvalue weighted by Crippen LogP contribution is 1.98. The molecular formula is C10H12NO3-. The maximum atomic E-state index is 11.5. The highest BCUT2D eigenvalue weighted by molar-refractivity contribution is 5.85. The molecule has 0 atom stereocenters. The van der Waals surface area contributed by atoms with E-state index in [1.165, 1.54) is 6.20 Å². The first-order valence-corrected chi connectivity index (χ1v) is 4.54. The minimum absolute atomic E-state index is 0.258. The highest BCUT2D eigenvalue weighted by atomic mass is 16.4. The van der Waals surface area contributed by atoms with Gasteiger partial charge in [-0.15, -0.1) is 0 Å². The summed E-state index contributed by atoms with van der Waals surface area (Å²) in [5.74, 6) is -1.41. The fourth-order valence-electron chi connectivity index (χ4n) is 1.27. The van der Waals surface area contributed by atoms with Gasteiger partial charge in [0.25, 0.3) is 0 Å². The summed E-state index contributed by atoms with van der Waals surface area (Å²) in [4.78, 5) is 22.1. The number of aromatic nitrogens is 1. The van der Waals surface area contributed by atoms with Crippen LogP contribution >= 0.6 is 0 Å². The van der Waals surface area contributed by atoms with Crippen molar-refractivity contribution in [2.45, 2.75) is 26.8 Å². The lowest BCUT2D eigenvalue weighted by Gasteiger charge is -2.09. The molecule has 1 rings (SSSR count). The number of rotatable bonds is 3. The van der Waals surface area contributed by atoms with Crippen LogP contribution in [-0.4, -0.2) is 10.5 Å². The third kappa shape index (κ3) is 1.84. The normalized spacial score (nSPS) is 10.1. The van der Waals surface area contributed by atoms with E-state index < -0.39 is 11.4 Å². The van der Waals surface area contributed by atoms with Crippen molar-refractivity contribution in [2.75, 3.05) is 0 Å². The summed E-state index contributed by atoms with van der Waals surface area (Å²) in [5.41, 5.74) is -0.183. The van der Waals surface area contributed by atoms with Gasteiger partial charge in [-0.2, -0.15) is 0 Å². The molecule has 0 N–H and O–H groups in total. The van der Waals surface area contributed by atoms with E-state index in [0.717, 1.165) is 0 Å². The predicted molar refractivity (Wildman–Crippen MR) is 50.1 cm³/mol. The van der Waals surface area contributed by atoms with Crippen LogP contribution in [0, 0.1) is 0 Å². The van der Waals surface area contributed by atoms with Crippen molar-refractivity contribution in [3.63, 3.8) is 0 Å². The Kier molecular flexibility index (Phi) is 3.06. The number of carbonyl (C=O) groups excluding carboxylic acids is 1. The Morgan fingerprint density at radius 3 is 2.50 bits per heavy atom. The van der Waals surface area contributed by atoms with Crippen molar-refractivity contribution in [3.8, 4) is 0 Å². The molecule has 4 nitrogen and oxygen atoms in total. The van der Waals surface area contributed by atoms with Gasteiger partial charge in [0.15, 0.2) is 5.43 Å². The van der Waals surface area contributed by atoms with E-state index in [4.69, 9.17) is 0 Å². The molecular weight excluding hydrogens is 182 g/mol. The number of carbonyl (C=O) groups is 1. The summed E-state index contributed by atoms with van der Waals surface area (Å²) < 4.78 is 1.67. The molecule has 0 amide bonds. The molecule has 0 bridgehead atoms. The summed E-state index contributed by atoms with van der Waals surface area (Å²) >= 11 is 0. The fourth-order valence-corrected chi connectivity index (χ4v) is 1.27. The molecule has 76 valence electrons. The van der Waals surface area contributed by atoms with Gasteiger partial charge in [0, 0.05) is 24.5 Å². The molecule has 1 heterocycles. The molecule has 0 aromatic carbocycles. The number of aryl methyl sites for hydroxylation is 2. The summed E-state index contributed by atoms with van der Waals surface area (Å²) in [6.45, 7) is 4.33. The largest absolute Gasteiger partial charge is 0.545 e. The second-order valence-corrected chi connectivity index (χ2v) is 3.00. The van der Waals surface area contributed by atoms with Crippen molar-refractivity contribution in [2.24, 2.45) is 0 Å². The zero-order valence-corrected chi connectivity index (χ0v) is 8.24.